The van der Waals surface area contributed by atoms with E-state index in [1.54, 1.807) is 18.6 Å². The van der Waals surface area contributed by atoms with Gasteiger partial charge in [-0.25, -0.2) is 4.98 Å². The molecule has 0 saturated heterocycles. The lowest BCUT2D eigenvalue weighted by molar-refractivity contribution is 0.102. The van der Waals surface area contributed by atoms with Gasteiger partial charge in [-0.2, -0.15) is 0 Å². The minimum absolute atomic E-state index is 0.234. The Bertz CT molecular complexity index is 670. The van der Waals surface area contributed by atoms with Gasteiger partial charge in [0.15, 0.2) is 0 Å². The Morgan fingerprint density at radius 1 is 1.45 bits per heavy atom. The first-order valence-corrected chi connectivity index (χ1v) is 9.11. The standard InChI is InChI=1S/C15H18N2O3S2/c1-11-16-14(9-21-11)15(18)17-13-5-3-4-12(8-13)10-22(19)7-6-20-2/h3-5,8-9H,6-7,10H2,1-2H3,(H,17,18)/t22-/m0/s1. The number of rotatable bonds is 7. The van der Waals surface area contributed by atoms with Crippen LogP contribution in [0.5, 0.6) is 0 Å². The molecule has 22 heavy (non-hydrogen) atoms. The molecule has 7 heteroatoms. The molecule has 1 heterocycles. The highest BCUT2D eigenvalue weighted by Crippen LogP contribution is 2.15. The number of carbonyl (C=O) groups excluding carboxylic acids is 1. The van der Waals surface area contributed by atoms with E-state index >= 15 is 0 Å². The molecule has 1 aromatic carbocycles. The third-order valence-corrected chi connectivity index (χ3v) is 4.93. The van der Waals surface area contributed by atoms with Crippen molar-refractivity contribution in [1.29, 1.82) is 0 Å². The summed E-state index contributed by atoms with van der Waals surface area (Å²) < 4.78 is 16.8. The summed E-state index contributed by atoms with van der Waals surface area (Å²) >= 11 is 1.44. The van der Waals surface area contributed by atoms with Gasteiger partial charge < -0.3 is 10.1 Å². The van der Waals surface area contributed by atoms with Crippen LogP contribution in [0.3, 0.4) is 0 Å². The number of methoxy groups -OCH3 is 1. The molecule has 0 spiro atoms. The Labute approximate surface area is 136 Å². The number of carbonyl (C=O) groups is 1. The fourth-order valence-electron chi connectivity index (χ4n) is 1.84. The molecular formula is C15H18N2O3S2. The van der Waals surface area contributed by atoms with E-state index in [0.29, 0.717) is 29.5 Å². The monoisotopic (exact) mass is 338 g/mol. The van der Waals surface area contributed by atoms with Gasteiger partial charge in [0.25, 0.3) is 5.91 Å². The van der Waals surface area contributed by atoms with Crippen molar-refractivity contribution in [1.82, 2.24) is 4.98 Å². The average Bonchev–Trinajstić information content (AvgIpc) is 2.92. The number of hydrogen-bond donors (Lipinski definition) is 1. The summed E-state index contributed by atoms with van der Waals surface area (Å²) in [4.78, 5) is 16.2. The number of hydrogen-bond acceptors (Lipinski definition) is 5. The van der Waals surface area contributed by atoms with Gasteiger partial charge >= 0.3 is 0 Å². The molecule has 0 bridgehead atoms. The molecule has 2 rings (SSSR count). The highest BCUT2D eigenvalue weighted by Gasteiger charge is 2.10. The zero-order valence-electron chi connectivity index (χ0n) is 12.5. The Hall–Kier alpha value is -1.57. The van der Waals surface area contributed by atoms with Crippen molar-refractivity contribution < 1.29 is 13.7 Å². The van der Waals surface area contributed by atoms with Crippen LogP contribution >= 0.6 is 11.3 Å². The Morgan fingerprint density at radius 2 is 2.27 bits per heavy atom. The summed E-state index contributed by atoms with van der Waals surface area (Å²) in [5.41, 5.74) is 2.01. The third-order valence-electron chi connectivity index (χ3n) is 2.88. The fraction of sp³-hybridized carbons (Fsp3) is 0.333. The first kappa shape index (κ1) is 16.8. The molecule has 0 unspecified atom stereocenters. The van der Waals surface area contributed by atoms with Gasteiger partial charge in [0.05, 0.1) is 11.6 Å². The summed E-state index contributed by atoms with van der Waals surface area (Å²) in [6.45, 7) is 2.34. The van der Waals surface area contributed by atoms with Gasteiger partial charge in [-0.1, -0.05) is 12.1 Å². The molecule has 118 valence electrons. The predicted molar refractivity (Wildman–Crippen MR) is 89.8 cm³/mol. The van der Waals surface area contributed by atoms with Gasteiger partial charge in [0.2, 0.25) is 0 Å². The topological polar surface area (TPSA) is 68.3 Å². The molecule has 0 fully saturated rings. The number of nitrogens with one attached hydrogen (secondary N) is 1. The van der Waals surface area contributed by atoms with E-state index in [-0.39, 0.29) is 5.91 Å². The number of aryl methyl sites for hydroxylation is 1. The van der Waals surface area contributed by atoms with E-state index in [9.17, 15) is 9.00 Å². The largest absolute Gasteiger partial charge is 0.384 e. The molecule has 5 nitrogen and oxygen atoms in total. The lowest BCUT2D eigenvalue weighted by Crippen LogP contribution is -2.12. The summed E-state index contributed by atoms with van der Waals surface area (Å²) in [6, 6.07) is 7.37. The number of anilines is 1. The molecule has 1 aromatic heterocycles. The predicted octanol–water partition coefficient (Wildman–Crippen LogP) is 2.60. The van der Waals surface area contributed by atoms with Crippen molar-refractivity contribution in [2.24, 2.45) is 0 Å². The minimum Gasteiger partial charge on any atom is -0.384 e. The Kier molecular flexibility index (Phi) is 6.23. The van der Waals surface area contributed by atoms with Crippen LogP contribution in [0.4, 0.5) is 5.69 Å². The molecule has 1 amide bonds. The van der Waals surface area contributed by atoms with Crippen LogP contribution in [-0.4, -0.2) is 34.6 Å². The number of thiazole rings is 1. The average molecular weight is 338 g/mol. The van der Waals surface area contributed by atoms with Crippen LogP contribution < -0.4 is 5.32 Å². The maximum atomic E-state index is 12.1. The first-order valence-electron chi connectivity index (χ1n) is 6.75. The summed E-state index contributed by atoms with van der Waals surface area (Å²) in [5, 5.41) is 5.39. The molecule has 0 saturated carbocycles. The Morgan fingerprint density at radius 3 is 2.95 bits per heavy atom. The Balaban J connectivity index is 1.99. The van der Waals surface area contributed by atoms with Crippen LogP contribution in [0.25, 0.3) is 0 Å². The van der Waals surface area contributed by atoms with Gasteiger partial charge in [0.1, 0.15) is 5.69 Å². The van der Waals surface area contributed by atoms with Crippen molar-refractivity contribution in [2.75, 3.05) is 24.8 Å². The molecule has 0 radical (unpaired) electrons. The second kappa shape index (κ2) is 8.17. The maximum absolute atomic E-state index is 12.1. The van der Waals surface area contributed by atoms with Gasteiger partial charge in [-0.3, -0.25) is 9.00 Å². The molecule has 0 aliphatic rings. The second-order valence-electron chi connectivity index (χ2n) is 4.69. The number of amides is 1. The lowest BCUT2D eigenvalue weighted by Gasteiger charge is -2.06. The van der Waals surface area contributed by atoms with Crippen LogP contribution in [0.1, 0.15) is 21.1 Å². The zero-order valence-corrected chi connectivity index (χ0v) is 14.1. The molecule has 0 aliphatic heterocycles. The van der Waals surface area contributed by atoms with Crippen LogP contribution in [-0.2, 0) is 21.3 Å². The van der Waals surface area contributed by atoms with Crippen molar-refractivity contribution in [3.05, 3.63) is 45.9 Å². The van der Waals surface area contributed by atoms with Crippen LogP contribution in [0.15, 0.2) is 29.6 Å². The third kappa shape index (κ3) is 5.01. The molecule has 0 aliphatic carbocycles. The van der Waals surface area contributed by atoms with Crippen molar-refractivity contribution in [3.8, 4) is 0 Å². The number of aromatic nitrogens is 1. The van der Waals surface area contributed by atoms with E-state index < -0.39 is 10.8 Å². The highest BCUT2D eigenvalue weighted by atomic mass is 32.2. The highest BCUT2D eigenvalue weighted by molar-refractivity contribution is 7.84. The SMILES string of the molecule is COCC[S@](=O)Cc1cccc(NC(=O)c2csc(C)n2)c1. The normalized spacial score (nSPS) is 12.1. The van der Waals surface area contributed by atoms with Crippen molar-refractivity contribution >= 4 is 33.7 Å². The summed E-state index contributed by atoms with van der Waals surface area (Å²) in [7, 11) is 0.618. The number of ether oxygens (including phenoxy) is 1. The van der Waals surface area contributed by atoms with E-state index in [1.807, 2.05) is 25.1 Å². The van der Waals surface area contributed by atoms with Gasteiger partial charge in [-0.15, -0.1) is 11.3 Å². The first-order chi connectivity index (χ1) is 10.6. The molecule has 1 N–H and O–H groups in total. The van der Waals surface area contributed by atoms with E-state index in [2.05, 4.69) is 10.3 Å². The zero-order chi connectivity index (χ0) is 15.9. The molecule has 2 aromatic rings. The number of benzene rings is 1. The maximum Gasteiger partial charge on any atom is 0.275 e. The molecule has 1 atom stereocenters. The molecular weight excluding hydrogens is 320 g/mol. The second-order valence-corrected chi connectivity index (χ2v) is 7.33. The van der Waals surface area contributed by atoms with Crippen LogP contribution in [0, 0.1) is 6.92 Å². The smallest absolute Gasteiger partial charge is 0.275 e. The summed E-state index contributed by atoms with van der Waals surface area (Å²) in [6.07, 6.45) is 0. The van der Waals surface area contributed by atoms with E-state index in [4.69, 9.17) is 4.74 Å². The van der Waals surface area contributed by atoms with Crippen LogP contribution in [0.2, 0.25) is 0 Å². The van der Waals surface area contributed by atoms with Crippen molar-refractivity contribution in [2.45, 2.75) is 12.7 Å². The fourth-order valence-corrected chi connectivity index (χ4v) is 3.48. The lowest BCUT2D eigenvalue weighted by atomic mass is 10.2. The number of nitrogens with zero attached hydrogens (tertiary/aromatic N) is 1. The van der Waals surface area contributed by atoms with Gasteiger partial charge in [0, 0.05) is 40.5 Å². The quantitative estimate of drug-likeness (QED) is 0.842. The van der Waals surface area contributed by atoms with E-state index in [1.165, 1.54) is 11.3 Å². The summed E-state index contributed by atoms with van der Waals surface area (Å²) in [5.74, 6) is 0.718. The van der Waals surface area contributed by atoms with E-state index in [0.717, 1.165) is 10.6 Å². The van der Waals surface area contributed by atoms with Gasteiger partial charge in [-0.05, 0) is 24.6 Å². The minimum atomic E-state index is -0.973. The van der Waals surface area contributed by atoms with Crippen molar-refractivity contribution in [3.63, 3.8) is 0 Å².